The van der Waals surface area contributed by atoms with E-state index in [-0.39, 0.29) is 0 Å². The Kier molecular flexibility index (Phi) is 4.45. The molecule has 0 atom stereocenters. The molecule has 0 fully saturated rings. The van der Waals surface area contributed by atoms with E-state index in [1.807, 2.05) is 12.1 Å². The zero-order chi connectivity index (χ0) is 13.0. The van der Waals surface area contributed by atoms with Crippen molar-refractivity contribution in [3.8, 4) is 0 Å². The van der Waals surface area contributed by atoms with Crippen molar-refractivity contribution in [2.24, 2.45) is 0 Å². The van der Waals surface area contributed by atoms with Gasteiger partial charge in [-0.3, -0.25) is 4.79 Å². The molecule has 1 nitrogen and oxygen atoms in total. The first-order valence-electron chi connectivity index (χ1n) is 5.63. The number of halogens is 1. The molecule has 0 heterocycles. The van der Waals surface area contributed by atoms with Crippen LogP contribution in [0.3, 0.4) is 0 Å². The Morgan fingerprint density at radius 2 is 2.00 bits per heavy atom. The van der Waals surface area contributed by atoms with Crippen LogP contribution in [0.2, 0.25) is 5.02 Å². The number of benzene rings is 2. The van der Waals surface area contributed by atoms with Gasteiger partial charge in [-0.2, -0.15) is 0 Å². The number of aldehydes is 1. The van der Waals surface area contributed by atoms with Crippen LogP contribution in [0.15, 0.2) is 47.4 Å². The molecule has 2 rings (SSSR count). The highest BCUT2D eigenvalue weighted by Crippen LogP contribution is 2.32. The van der Waals surface area contributed by atoms with E-state index in [0.29, 0.717) is 10.6 Å². The van der Waals surface area contributed by atoms with E-state index in [0.717, 1.165) is 16.9 Å². The molecule has 0 saturated carbocycles. The summed E-state index contributed by atoms with van der Waals surface area (Å²) in [5.41, 5.74) is 3.12. The van der Waals surface area contributed by atoms with Gasteiger partial charge < -0.3 is 0 Å². The molecule has 0 N–H and O–H groups in total. The number of rotatable bonds is 4. The van der Waals surface area contributed by atoms with Crippen LogP contribution >= 0.6 is 23.4 Å². The van der Waals surface area contributed by atoms with Crippen LogP contribution in [0.1, 0.15) is 21.5 Å². The van der Waals surface area contributed by atoms with Gasteiger partial charge in [0.2, 0.25) is 0 Å². The van der Waals surface area contributed by atoms with Gasteiger partial charge in [0.1, 0.15) is 0 Å². The van der Waals surface area contributed by atoms with Gasteiger partial charge in [0.25, 0.3) is 0 Å². The van der Waals surface area contributed by atoms with Gasteiger partial charge in [0, 0.05) is 16.2 Å². The first-order chi connectivity index (χ1) is 8.70. The van der Waals surface area contributed by atoms with Crippen LogP contribution in [-0.2, 0) is 5.75 Å². The Labute approximate surface area is 116 Å². The van der Waals surface area contributed by atoms with Crippen LogP contribution in [0.4, 0.5) is 0 Å². The predicted octanol–water partition coefficient (Wildman–Crippen LogP) is 4.75. The molecule has 0 amide bonds. The van der Waals surface area contributed by atoms with Crippen molar-refractivity contribution in [2.45, 2.75) is 17.6 Å². The van der Waals surface area contributed by atoms with Crippen molar-refractivity contribution in [1.29, 1.82) is 0 Å². The molecule has 0 spiro atoms. The maximum Gasteiger partial charge on any atom is 0.151 e. The molecule has 0 saturated heterocycles. The number of thioether (sulfide) groups is 1. The molecule has 0 aliphatic heterocycles. The zero-order valence-electron chi connectivity index (χ0n) is 10.0. The minimum atomic E-state index is 0.636. The van der Waals surface area contributed by atoms with Crippen LogP contribution in [0, 0.1) is 6.92 Å². The number of aryl methyl sites for hydroxylation is 1. The molecule has 0 bridgehead atoms. The summed E-state index contributed by atoms with van der Waals surface area (Å²) in [6, 6.07) is 13.7. The standard InChI is InChI=1S/C15H13ClOS/c1-11-4-2-5-12(8-11)10-18-15-13(9-17)6-3-7-14(15)16/h2-9H,10H2,1H3. The van der Waals surface area contributed by atoms with E-state index >= 15 is 0 Å². The molecule has 0 unspecified atom stereocenters. The topological polar surface area (TPSA) is 17.1 Å². The molecule has 18 heavy (non-hydrogen) atoms. The Morgan fingerprint density at radius 3 is 2.72 bits per heavy atom. The van der Waals surface area contributed by atoms with Gasteiger partial charge in [-0.25, -0.2) is 0 Å². The third-order valence-electron chi connectivity index (χ3n) is 2.59. The lowest BCUT2D eigenvalue weighted by Crippen LogP contribution is -1.88. The molecule has 2 aromatic carbocycles. The second-order valence-electron chi connectivity index (χ2n) is 4.05. The molecule has 3 heteroatoms. The van der Waals surface area contributed by atoms with Gasteiger partial charge >= 0.3 is 0 Å². The van der Waals surface area contributed by atoms with Crippen molar-refractivity contribution >= 4 is 29.6 Å². The van der Waals surface area contributed by atoms with Gasteiger partial charge in [0.15, 0.2) is 6.29 Å². The summed E-state index contributed by atoms with van der Waals surface area (Å²) < 4.78 is 0. The van der Waals surface area contributed by atoms with Gasteiger partial charge in [-0.15, -0.1) is 11.8 Å². The third-order valence-corrected chi connectivity index (χ3v) is 4.24. The Bertz CT molecular complexity index is 566. The van der Waals surface area contributed by atoms with E-state index in [1.165, 1.54) is 11.1 Å². The van der Waals surface area contributed by atoms with Crippen molar-refractivity contribution in [2.75, 3.05) is 0 Å². The highest BCUT2D eigenvalue weighted by molar-refractivity contribution is 7.98. The fraction of sp³-hybridized carbons (Fsp3) is 0.133. The fourth-order valence-electron chi connectivity index (χ4n) is 1.73. The molecule has 92 valence electrons. The average Bonchev–Trinajstić information content (AvgIpc) is 2.37. The number of hydrogen-bond donors (Lipinski definition) is 0. The van der Waals surface area contributed by atoms with Crippen molar-refractivity contribution in [3.63, 3.8) is 0 Å². The second kappa shape index (κ2) is 6.07. The maximum atomic E-state index is 11.0. The van der Waals surface area contributed by atoms with Crippen LogP contribution in [-0.4, -0.2) is 6.29 Å². The number of carbonyl (C=O) groups is 1. The highest BCUT2D eigenvalue weighted by Gasteiger charge is 2.07. The molecule has 0 aliphatic carbocycles. The molecule has 0 aliphatic rings. The van der Waals surface area contributed by atoms with E-state index in [2.05, 4.69) is 25.1 Å². The van der Waals surface area contributed by atoms with Gasteiger partial charge in [0.05, 0.1) is 5.02 Å². The smallest absolute Gasteiger partial charge is 0.151 e. The summed E-state index contributed by atoms with van der Waals surface area (Å²) in [4.78, 5) is 11.8. The van der Waals surface area contributed by atoms with E-state index in [1.54, 1.807) is 23.9 Å². The van der Waals surface area contributed by atoms with Crippen LogP contribution in [0.25, 0.3) is 0 Å². The molecule has 2 aromatic rings. The maximum absolute atomic E-state index is 11.0. The van der Waals surface area contributed by atoms with Crippen molar-refractivity contribution in [3.05, 3.63) is 64.2 Å². The summed E-state index contributed by atoms with van der Waals surface area (Å²) in [6.45, 7) is 2.07. The molecule has 0 aromatic heterocycles. The SMILES string of the molecule is Cc1cccc(CSc2c(Cl)cccc2C=O)c1. The summed E-state index contributed by atoms with van der Waals surface area (Å²) >= 11 is 7.72. The summed E-state index contributed by atoms with van der Waals surface area (Å²) in [7, 11) is 0. The number of carbonyl (C=O) groups excluding carboxylic acids is 1. The second-order valence-corrected chi connectivity index (χ2v) is 5.45. The third kappa shape index (κ3) is 3.15. The first kappa shape index (κ1) is 13.2. The number of hydrogen-bond acceptors (Lipinski definition) is 2. The average molecular weight is 277 g/mol. The minimum absolute atomic E-state index is 0.636. The van der Waals surface area contributed by atoms with Gasteiger partial charge in [-0.05, 0) is 18.6 Å². The lowest BCUT2D eigenvalue weighted by molar-refractivity contribution is 0.112. The minimum Gasteiger partial charge on any atom is -0.298 e. The first-order valence-corrected chi connectivity index (χ1v) is 6.99. The van der Waals surface area contributed by atoms with Crippen molar-refractivity contribution in [1.82, 2.24) is 0 Å². The lowest BCUT2D eigenvalue weighted by Gasteiger charge is -2.07. The largest absolute Gasteiger partial charge is 0.298 e. The van der Waals surface area contributed by atoms with E-state index in [4.69, 9.17) is 11.6 Å². The summed E-state index contributed by atoms with van der Waals surface area (Å²) in [6.07, 6.45) is 0.852. The molecular weight excluding hydrogens is 264 g/mol. The predicted molar refractivity (Wildman–Crippen MR) is 77.6 cm³/mol. The Morgan fingerprint density at radius 1 is 1.22 bits per heavy atom. The monoisotopic (exact) mass is 276 g/mol. The quantitative estimate of drug-likeness (QED) is 0.592. The van der Waals surface area contributed by atoms with E-state index < -0.39 is 0 Å². The van der Waals surface area contributed by atoms with E-state index in [9.17, 15) is 4.79 Å². The normalized spacial score (nSPS) is 10.3. The molecule has 0 radical (unpaired) electrons. The zero-order valence-corrected chi connectivity index (χ0v) is 11.6. The fourth-order valence-corrected chi connectivity index (χ4v) is 3.05. The van der Waals surface area contributed by atoms with Crippen LogP contribution in [0.5, 0.6) is 0 Å². The summed E-state index contributed by atoms with van der Waals surface area (Å²) in [5, 5.41) is 0.636. The molecular formula is C15H13ClOS. The Hall–Kier alpha value is -1.25. The summed E-state index contributed by atoms with van der Waals surface area (Å²) in [5.74, 6) is 0.812. The van der Waals surface area contributed by atoms with Crippen LogP contribution < -0.4 is 0 Å². The lowest BCUT2D eigenvalue weighted by atomic mass is 10.2. The highest BCUT2D eigenvalue weighted by atomic mass is 35.5. The Balaban J connectivity index is 2.18. The van der Waals surface area contributed by atoms with Crippen molar-refractivity contribution < 1.29 is 4.79 Å². The van der Waals surface area contributed by atoms with Gasteiger partial charge in [-0.1, -0.05) is 53.6 Å².